The van der Waals surface area contributed by atoms with Crippen LogP contribution in [0.2, 0.25) is 0 Å². The maximum Gasteiger partial charge on any atom is -0.0111 e. The monoisotopic (exact) mass is 370 g/mol. The van der Waals surface area contributed by atoms with E-state index in [1.54, 1.807) is 0 Å². The van der Waals surface area contributed by atoms with Crippen molar-refractivity contribution >= 4 is 0 Å². The molecule has 0 saturated heterocycles. The molecule has 0 heteroatoms. The van der Waals surface area contributed by atoms with Crippen LogP contribution in [-0.4, -0.2) is 0 Å². The fourth-order valence-corrected chi connectivity index (χ4v) is 4.72. The first-order valence-corrected chi connectivity index (χ1v) is 10.3. The molecule has 0 aliphatic carbocycles. The van der Waals surface area contributed by atoms with Crippen molar-refractivity contribution in [2.24, 2.45) is 0 Å². The predicted octanol–water partition coefficient (Wildman–Crippen LogP) is 8.17. The van der Waals surface area contributed by atoms with Crippen LogP contribution >= 0.6 is 0 Å². The van der Waals surface area contributed by atoms with Gasteiger partial charge in [-0.25, -0.2) is 0 Å². The van der Waals surface area contributed by atoms with Crippen LogP contribution in [0.1, 0.15) is 59.7 Å². The highest BCUT2D eigenvalue weighted by Gasteiger charge is 2.26. The second kappa shape index (κ2) is 7.24. The molecule has 0 unspecified atom stereocenters. The molecule has 0 aliphatic rings. The molecule has 0 heterocycles. The molecule has 28 heavy (non-hydrogen) atoms. The van der Waals surface area contributed by atoms with E-state index in [0.29, 0.717) is 0 Å². The quantitative estimate of drug-likeness (QED) is 0.427. The molecule has 0 saturated carbocycles. The molecule has 0 bridgehead atoms. The lowest BCUT2D eigenvalue weighted by molar-refractivity contribution is 0.592. The summed E-state index contributed by atoms with van der Waals surface area (Å²) in [5, 5.41) is 0. The third-order valence-electron chi connectivity index (χ3n) is 5.49. The number of benzene rings is 3. The second-order valence-corrected chi connectivity index (χ2v) is 9.64. The summed E-state index contributed by atoms with van der Waals surface area (Å²) in [6.45, 7) is 20.4. The molecule has 146 valence electrons. The van der Waals surface area contributed by atoms with Crippen molar-refractivity contribution < 1.29 is 0 Å². The van der Waals surface area contributed by atoms with Crippen LogP contribution in [0.4, 0.5) is 0 Å². The van der Waals surface area contributed by atoms with Gasteiger partial charge in [0.05, 0.1) is 0 Å². The fourth-order valence-electron chi connectivity index (χ4n) is 4.72. The van der Waals surface area contributed by atoms with Gasteiger partial charge < -0.3 is 0 Å². The standard InChI is InChI=1S/C28H34/c1-17-10-18(2)13-23(12-17)25-21(5)16-22(6)26(27(25)28(7,8)9)24-14-19(3)11-20(4)15-24/h10-16H,1-9H3. The lowest BCUT2D eigenvalue weighted by Crippen LogP contribution is -2.16. The Hall–Kier alpha value is -2.34. The van der Waals surface area contributed by atoms with Gasteiger partial charge in [0.1, 0.15) is 0 Å². The van der Waals surface area contributed by atoms with Gasteiger partial charge in [-0.05, 0) is 85.9 Å². The number of hydrogen-bond acceptors (Lipinski definition) is 0. The highest BCUT2D eigenvalue weighted by atomic mass is 14.3. The van der Waals surface area contributed by atoms with E-state index in [1.165, 1.54) is 61.2 Å². The van der Waals surface area contributed by atoms with Crippen LogP contribution < -0.4 is 0 Å². The van der Waals surface area contributed by atoms with Crippen LogP contribution in [0.25, 0.3) is 22.3 Å². The molecule has 3 aromatic rings. The minimum absolute atomic E-state index is 0.0384. The van der Waals surface area contributed by atoms with Crippen LogP contribution in [-0.2, 0) is 5.41 Å². The third-order valence-corrected chi connectivity index (χ3v) is 5.49. The maximum absolute atomic E-state index is 2.37. The molecule has 0 fully saturated rings. The molecular formula is C28H34. The van der Waals surface area contributed by atoms with E-state index < -0.39 is 0 Å². The van der Waals surface area contributed by atoms with Gasteiger partial charge in [0.25, 0.3) is 0 Å². The summed E-state index contributed by atoms with van der Waals surface area (Å²) in [6, 6.07) is 16.2. The Balaban J connectivity index is 2.47. The molecule has 0 N–H and O–H groups in total. The fraction of sp³-hybridized carbons (Fsp3) is 0.357. The Kier molecular flexibility index (Phi) is 5.28. The minimum atomic E-state index is 0.0384. The molecule has 0 nitrogen and oxygen atoms in total. The molecule has 0 spiro atoms. The Morgan fingerprint density at radius 2 is 0.786 bits per heavy atom. The van der Waals surface area contributed by atoms with Gasteiger partial charge in [0.2, 0.25) is 0 Å². The number of aryl methyl sites for hydroxylation is 6. The Morgan fingerprint density at radius 1 is 0.464 bits per heavy atom. The van der Waals surface area contributed by atoms with Gasteiger partial charge in [-0.3, -0.25) is 0 Å². The summed E-state index contributed by atoms with van der Waals surface area (Å²) in [4.78, 5) is 0. The van der Waals surface area contributed by atoms with E-state index in [0.717, 1.165) is 0 Å². The van der Waals surface area contributed by atoms with Crippen molar-refractivity contribution in [2.75, 3.05) is 0 Å². The van der Waals surface area contributed by atoms with Gasteiger partial charge in [0.15, 0.2) is 0 Å². The van der Waals surface area contributed by atoms with E-state index >= 15 is 0 Å². The third kappa shape index (κ3) is 3.92. The molecule has 3 rings (SSSR count). The Labute approximate surface area is 171 Å². The van der Waals surface area contributed by atoms with E-state index in [9.17, 15) is 0 Å². The Bertz CT molecular complexity index is 926. The van der Waals surface area contributed by atoms with Crippen molar-refractivity contribution in [3.8, 4) is 22.3 Å². The van der Waals surface area contributed by atoms with E-state index in [4.69, 9.17) is 0 Å². The van der Waals surface area contributed by atoms with Crippen molar-refractivity contribution in [2.45, 2.75) is 67.7 Å². The largest absolute Gasteiger partial charge is 0.0563 e. The van der Waals surface area contributed by atoms with Gasteiger partial charge in [-0.1, -0.05) is 85.5 Å². The van der Waals surface area contributed by atoms with Crippen LogP contribution in [0, 0.1) is 41.5 Å². The average Bonchev–Trinajstić information content (AvgIpc) is 2.51. The summed E-state index contributed by atoms with van der Waals surface area (Å²) < 4.78 is 0. The summed E-state index contributed by atoms with van der Waals surface area (Å²) in [6.07, 6.45) is 0. The zero-order valence-corrected chi connectivity index (χ0v) is 19.0. The summed E-state index contributed by atoms with van der Waals surface area (Å²) in [5.41, 5.74) is 15.0. The van der Waals surface area contributed by atoms with Gasteiger partial charge >= 0.3 is 0 Å². The molecule has 0 atom stereocenters. The van der Waals surface area contributed by atoms with Crippen molar-refractivity contribution in [1.29, 1.82) is 0 Å². The smallest absolute Gasteiger partial charge is 0.0111 e. The number of rotatable bonds is 2. The summed E-state index contributed by atoms with van der Waals surface area (Å²) >= 11 is 0. The maximum atomic E-state index is 2.37. The second-order valence-electron chi connectivity index (χ2n) is 9.64. The summed E-state index contributed by atoms with van der Waals surface area (Å²) in [5.74, 6) is 0. The molecule has 0 amide bonds. The molecule has 0 radical (unpaired) electrons. The van der Waals surface area contributed by atoms with Gasteiger partial charge in [-0.2, -0.15) is 0 Å². The first-order valence-electron chi connectivity index (χ1n) is 10.3. The Morgan fingerprint density at radius 3 is 1.07 bits per heavy atom. The zero-order valence-electron chi connectivity index (χ0n) is 19.0. The zero-order chi connectivity index (χ0) is 20.8. The van der Waals surface area contributed by atoms with Gasteiger partial charge in [0, 0.05) is 0 Å². The van der Waals surface area contributed by atoms with E-state index in [1.807, 2.05) is 0 Å². The first kappa shape index (κ1) is 20.4. The van der Waals surface area contributed by atoms with Crippen LogP contribution in [0.3, 0.4) is 0 Å². The van der Waals surface area contributed by atoms with Crippen LogP contribution in [0.5, 0.6) is 0 Å². The summed E-state index contributed by atoms with van der Waals surface area (Å²) in [7, 11) is 0. The molecular weight excluding hydrogens is 336 g/mol. The molecule has 3 aromatic carbocycles. The lowest BCUT2D eigenvalue weighted by Gasteiger charge is -2.30. The van der Waals surface area contributed by atoms with E-state index in [-0.39, 0.29) is 5.41 Å². The van der Waals surface area contributed by atoms with Gasteiger partial charge in [-0.15, -0.1) is 0 Å². The highest BCUT2D eigenvalue weighted by molar-refractivity contribution is 5.85. The molecule has 0 aliphatic heterocycles. The minimum Gasteiger partial charge on any atom is -0.0563 e. The normalized spacial score (nSPS) is 11.8. The van der Waals surface area contributed by atoms with Crippen molar-refractivity contribution in [3.05, 3.63) is 81.4 Å². The van der Waals surface area contributed by atoms with Crippen molar-refractivity contribution in [1.82, 2.24) is 0 Å². The van der Waals surface area contributed by atoms with Crippen molar-refractivity contribution in [3.63, 3.8) is 0 Å². The van der Waals surface area contributed by atoms with Crippen LogP contribution in [0.15, 0.2) is 42.5 Å². The average molecular weight is 371 g/mol. The number of hydrogen-bond donors (Lipinski definition) is 0. The SMILES string of the molecule is Cc1cc(C)cc(-c2c(C)cc(C)c(-c3cc(C)cc(C)c3)c2C(C)(C)C)c1. The molecule has 0 aromatic heterocycles. The lowest BCUT2D eigenvalue weighted by atomic mass is 9.74. The first-order chi connectivity index (χ1) is 13.0. The topological polar surface area (TPSA) is 0 Å². The predicted molar refractivity (Wildman–Crippen MR) is 124 cm³/mol. The highest BCUT2D eigenvalue weighted by Crippen LogP contribution is 2.44. The van der Waals surface area contributed by atoms with E-state index in [2.05, 4.69) is 105 Å².